The van der Waals surface area contributed by atoms with Gasteiger partial charge in [0, 0.05) is 23.3 Å². The number of thioether (sulfide) groups is 1. The molecule has 0 atom stereocenters. The van der Waals surface area contributed by atoms with Gasteiger partial charge in [0.25, 0.3) is 11.8 Å². The van der Waals surface area contributed by atoms with E-state index >= 15 is 0 Å². The van der Waals surface area contributed by atoms with Gasteiger partial charge >= 0.3 is 0 Å². The van der Waals surface area contributed by atoms with Crippen molar-refractivity contribution in [2.45, 2.75) is 87.8 Å². The summed E-state index contributed by atoms with van der Waals surface area (Å²) in [5.41, 5.74) is -0.575. The zero-order valence-corrected chi connectivity index (χ0v) is 24.4. The molecule has 0 saturated heterocycles. The topological polar surface area (TPSA) is 128 Å². The fraction of sp³-hybridized carbons (Fsp3) is 0.840. The number of carbonyl (C=O) groups excluding carboxylic acids is 1. The van der Waals surface area contributed by atoms with E-state index in [4.69, 9.17) is 15.1 Å². The van der Waals surface area contributed by atoms with Crippen LogP contribution in [0, 0.1) is 29.1 Å². The molecule has 6 rings (SSSR count). The third-order valence-corrected chi connectivity index (χ3v) is 10.9. The number of hydrazine groups is 1. The highest BCUT2D eigenvalue weighted by atomic mass is 35.5. The number of nitrogens with zero attached hydrogens (tertiary/aromatic N) is 2. The summed E-state index contributed by atoms with van der Waals surface area (Å²) in [6.45, 7) is 4.02. The Morgan fingerprint density at radius 2 is 1.76 bits per heavy atom. The Kier molecular flexibility index (Phi) is 8.80. The maximum absolute atomic E-state index is 13.5. The smallest absolute Gasteiger partial charge is 0.291 e. The molecule has 5 saturated carbocycles. The van der Waals surface area contributed by atoms with E-state index in [0.29, 0.717) is 27.9 Å². The molecule has 37 heavy (non-hydrogen) atoms. The van der Waals surface area contributed by atoms with Crippen molar-refractivity contribution in [1.29, 1.82) is 0 Å². The van der Waals surface area contributed by atoms with Crippen molar-refractivity contribution in [3.05, 3.63) is 5.76 Å². The first-order chi connectivity index (χ1) is 17.0. The van der Waals surface area contributed by atoms with Crippen LogP contribution in [0.3, 0.4) is 0 Å². The lowest BCUT2D eigenvalue weighted by Gasteiger charge is -2.54. The van der Waals surface area contributed by atoms with E-state index in [2.05, 4.69) is 10.5 Å². The SMILES string of the molecule is CC(C)(COc1noc(C(=O)NC2C3CC4CC(C3)CC2C4)c1SC1CCCC1)CN(N)S(C)(=O)=O.Cl. The summed E-state index contributed by atoms with van der Waals surface area (Å²) >= 11 is 1.63. The Bertz CT molecular complexity index is 1050. The van der Waals surface area contributed by atoms with Crippen LogP contribution >= 0.6 is 24.2 Å². The molecule has 3 N–H and O–H groups in total. The Labute approximate surface area is 230 Å². The first-order valence-electron chi connectivity index (χ1n) is 13.3. The number of hydrogen-bond acceptors (Lipinski definition) is 8. The highest BCUT2D eigenvalue weighted by Gasteiger charge is 2.49. The van der Waals surface area contributed by atoms with E-state index in [-0.39, 0.29) is 43.3 Å². The predicted octanol–water partition coefficient (Wildman–Crippen LogP) is 4.23. The lowest BCUT2D eigenvalue weighted by Crippen LogP contribution is -2.55. The summed E-state index contributed by atoms with van der Waals surface area (Å²) in [7, 11) is -3.51. The zero-order chi connectivity index (χ0) is 25.7. The van der Waals surface area contributed by atoms with Crippen molar-refractivity contribution in [2.75, 3.05) is 19.4 Å². The van der Waals surface area contributed by atoms with Crippen LogP contribution in [-0.2, 0) is 10.0 Å². The van der Waals surface area contributed by atoms with Crippen LogP contribution in [0.4, 0.5) is 0 Å². The number of amides is 1. The quantitative estimate of drug-likeness (QED) is 0.313. The largest absolute Gasteiger partial charge is 0.474 e. The minimum Gasteiger partial charge on any atom is -0.474 e. The molecule has 12 heteroatoms. The van der Waals surface area contributed by atoms with Crippen molar-refractivity contribution in [3.63, 3.8) is 0 Å². The minimum atomic E-state index is -3.51. The zero-order valence-electron chi connectivity index (χ0n) is 22.0. The molecule has 1 aromatic heterocycles. The first kappa shape index (κ1) is 29.0. The number of ether oxygens (including phenoxy) is 1. The molecule has 4 bridgehead atoms. The molecule has 5 fully saturated rings. The molecule has 1 aromatic rings. The van der Waals surface area contributed by atoms with Crippen molar-refractivity contribution in [1.82, 2.24) is 14.9 Å². The van der Waals surface area contributed by atoms with E-state index in [9.17, 15) is 13.2 Å². The van der Waals surface area contributed by atoms with E-state index in [1.807, 2.05) is 13.8 Å². The molecular weight excluding hydrogens is 536 g/mol. The Balaban J connectivity index is 0.00000320. The summed E-state index contributed by atoms with van der Waals surface area (Å²) < 4.78 is 36.0. The van der Waals surface area contributed by atoms with Gasteiger partial charge in [-0.25, -0.2) is 8.42 Å². The molecule has 0 radical (unpaired) electrons. The summed E-state index contributed by atoms with van der Waals surface area (Å²) in [5, 5.41) is 7.89. The number of nitrogens with one attached hydrogen (secondary N) is 1. The van der Waals surface area contributed by atoms with E-state index in [0.717, 1.165) is 35.3 Å². The number of rotatable bonds is 10. The van der Waals surface area contributed by atoms with Crippen LogP contribution in [0.1, 0.15) is 82.2 Å². The predicted molar refractivity (Wildman–Crippen MR) is 145 cm³/mol. The molecular formula is C25H41ClN4O5S2. The molecule has 1 amide bonds. The number of nitrogens with two attached hydrogens (primary N) is 1. The molecule has 210 valence electrons. The van der Waals surface area contributed by atoms with Crippen LogP contribution in [0.5, 0.6) is 5.88 Å². The third kappa shape index (κ3) is 6.59. The lowest BCUT2D eigenvalue weighted by molar-refractivity contribution is -0.0124. The van der Waals surface area contributed by atoms with Crippen LogP contribution in [-0.4, -0.2) is 54.6 Å². The highest BCUT2D eigenvalue weighted by molar-refractivity contribution is 8.00. The van der Waals surface area contributed by atoms with Gasteiger partial charge in [0.15, 0.2) is 0 Å². The number of sulfonamides is 1. The average molecular weight is 577 g/mol. The van der Waals surface area contributed by atoms with Crippen LogP contribution in [0.25, 0.3) is 0 Å². The van der Waals surface area contributed by atoms with Gasteiger partial charge in [-0.1, -0.05) is 26.7 Å². The normalized spacial score (nSPS) is 29.5. The Hall–Kier alpha value is -1.01. The first-order valence-corrected chi connectivity index (χ1v) is 16.0. The molecule has 5 aliphatic rings. The number of aromatic nitrogens is 1. The lowest BCUT2D eigenvalue weighted by atomic mass is 9.54. The van der Waals surface area contributed by atoms with Gasteiger partial charge in [0.05, 0.1) is 12.9 Å². The fourth-order valence-electron chi connectivity index (χ4n) is 7.01. The Morgan fingerprint density at radius 1 is 1.16 bits per heavy atom. The monoisotopic (exact) mass is 576 g/mol. The van der Waals surface area contributed by atoms with Gasteiger partial charge in [-0.2, -0.15) is 0 Å². The fourth-order valence-corrected chi connectivity index (χ4v) is 8.93. The van der Waals surface area contributed by atoms with Gasteiger partial charge in [0.1, 0.15) is 4.90 Å². The minimum absolute atomic E-state index is 0. The van der Waals surface area contributed by atoms with Gasteiger partial charge in [-0.05, 0) is 73.8 Å². The molecule has 9 nitrogen and oxygen atoms in total. The van der Waals surface area contributed by atoms with Gasteiger partial charge in [-0.3, -0.25) is 10.6 Å². The number of halogens is 1. The van der Waals surface area contributed by atoms with E-state index < -0.39 is 15.4 Å². The summed E-state index contributed by atoms with van der Waals surface area (Å²) in [5.74, 6) is 8.91. The molecule has 5 aliphatic carbocycles. The molecule has 0 spiro atoms. The second-order valence-electron chi connectivity index (χ2n) is 12.4. The van der Waals surface area contributed by atoms with Crippen molar-refractivity contribution >= 4 is 40.1 Å². The summed E-state index contributed by atoms with van der Waals surface area (Å²) in [4.78, 5) is 14.2. The van der Waals surface area contributed by atoms with Crippen molar-refractivity contribution < 1.29 is 22.5 Å². The van der Waals surface area contributed by atoms with Crippen molar-refractivity contribution in [3.8, 4) is 5.88 Å². The van der Waals surface area contributed by atoms with Gasteiger partial charge in [-0.15, -0.1) is 28.6 Å². The third-order valence-electron chi connectivity index (χ3n) is 8.55. The molecule has 0 aromatic carbocycles. The standard InChI is InChI=1S/C25H40N4O5S2.ClH/c1-25(2,13-29(26)36(3,31)32)14-33-24-22(35-19-6-4-5-7-19)21(34-28-24)23(30)27-20-17-9-15-8-16(11-17)12-18(20)10-15;/h15-20H,4-14,26H2,1-3H3,(H,27,30);1H. The number of carbonyl (C=O) groups is 1. The molecule has 0 aliphatic heterocycles. The summed E-state index contributed by atoms with van der Waals surface area (Å²) in [6.07, 6.45) is 11.9. The van der Waals surface area contributed by atoms with Crippen LogP contribution < -0.4 is 15.9 Å². The second-order valence-corrected chi connectivity index (χ2v) is 15.6. The van der Waals surface area contributed by atoms with E-state index in [1.165, 1.54) is 44.9 Å². The van der Waals surface area contributed by atoms with Crippen LogP contribution in [0.15, 0.2) is 9.42 Å². The highest BCUT2D eigenvalue weighted by Crippen LogP contribution is 2.54. The molecule has 0 unspecified atom stereocenters. The van der Waals surface area contributed by atoms with Crippen LogP contribution in [0.2, 0.25) is 0 Å². The summed E-state index contributed by atoms with van der Waals surface area (Å²) in [6, 6.07) is 0.217. The average Bonchev–Trinajstić information content (AvgIpc) is 3.44. The second kappa shape index (κ2) is 11.2. The maximum Gasteiger partial charge on any atom is 0.291 e. The van der Waals surface area contributed by atoms with Gasteiger partial charge in [0.2, 0.25) is 15.8 Å². The molecule has 1 heterocycles. The van der Waals surface area contributed by atoms with Crippen molar-refractivity contribution in [2.24, 2.45) is 34.9 Å². The maximum atomic E-state index is 13.5. The van der Waals surface area contributed by atoms with E-state index in [1.54, 1.807) is 11.8 Å². The number of hydrogen-bond donors (Lipinski definition) is 2. The van der Waals surface area contributed by atoms with Gasteiger partial charge < -0.3 is 14.6 Å². The Morgan fingerprint density at radius 3 is 2.32 bits per heavy atom.